The molecule has 1 atom stereocenters. The minimum absolute atomic E-state index is 0.700. The Bertz CT molecular complexity index is 438. The van der Waals surface area contributed by atoms with E-state index in [-0.39, 0.29) is 0 Å². The highest BCUT2D eigenvalue weighted by atomic mass is 15.3. The van der Waals surface area contributed by atoms with Crippen LogP contribution < -0.4 is 0 Å². The minimum Gasteiger partial charge on any atom is -0.306 e. The van der Waals surface area contributed by atoms with E-state index in [4.69, 9.17) is 0 Å². The van der Waals surface area contributed by atoms with Crippen molar-refractivity contribution in [3.05, 3.63) is 17.5 Å². The molecule has 1 fully saturated rings. The van der Waals surface area contributed by atoms with Crippen LogP contribution in [-0.2, 0) is 6.54 Å². The van der Waals surface area contributed by atoms with Gasteiger partial charge in [-0.3, -0.25) is 4.68 Å². The fourth-order valence-corrected chi connectivity index (χ4v) is 3.40. The van der Waals surface area contributed by atoms with Gasteiger partial charge in [0.2, 0.25) is 0 Å². The molecule has 0 amide bonds. The molecule has 21 heavy (non-hydrogen) atoms. The van der Waals surface area contributed by atoms with Gasteiger partial charge in [-0.2, -0.15) is 5.10 Å². The van der Waals surface area contributed by atoms with Crippen molar-refractivity contribution in [1.82, 2.24) is 19.6 Å². The standard InChI is InChI=1S/C17H32N4/c1-14(2)20-10-7-17(13-20)12-19(5)8-6-9-21-16(4)11-15(3)18-21/h11,14,17H,6-10,12-13H2,1-5H3. The van der Waals surface area contributed by atoms with Gasteiger partial charge < -0.3 is 9.80 Å². The van der Waals surface area contributed by atoms with E-state index < -0.39 is 0 Å². The van der Waals surface area contributed by atoms with Crippen LogP contribution in [0.2, 0.25) is 0 Å². The molecule has 0 bridgehead atoms. The number of hydrogen-bond acceptors (Lipinski definition) is 3. The Hall–Kier alpha value is -0.870. The molecule has 4 nitrogen and oxygen atoms in total. The van der Waals surface area contributed by atoms with E-state index in [0.717, 1.165) is 24.7 Å². The lowest BCUT2D eigenvalue weighted by atomic mass is 10.1. The van der Waals surface area contributed by atoms with E-state index in [2.05, 4.69) is 60.4 Å². The van der Waals surface area contributed by atoms with Gasteiger partial charge in [-0.1, -0.05) is 0 Å². The van der Waals surface area contributed by atoms with E-state index in [9.17, 15) is 0 Å². The molecular weight excluding hydrogens is 260 g/mol. The predicted octanol–water partition coefficient (Wildman–Crippen LogP) is 2.55. The summed E-state index contributed by atoms with van der Waals surface area (Å²) in [6.45, 7) is 14.8. The first-order valence-electron chi connectivity index (χ1n) is 8.39. The van der Waals surface area contributed by atoms with Gasteiger partial charge in [-0.15, -0.1) is 0 Å². The highest BCUT2D eigenvalue weighted by Crippen LogP contribution is 2.19. The molecule has 1 aromatic heterocycles. The Morgan fingerprint density at radius 1 is 1.38 bits per heavy atom. The number of rotatable bonds is 7. The van der Waals surface area contributed by atoms with Crippen molar-refractivity contribution in [2.75, 3.05) is 33.2 Å². The Balaban J connectivity index is 1.66. The van der Waals surface area contributed by atoms with Gasteiger partial charge in [0.15, 0.2) is 0 Å². The van der Waals surface area contributed by atoms with Crippen molar-refractivity contribution in [3.8, 4) is 0 Å². The number of likely N-dealkylation sites (tertiary alicyclic amines) is 1. The molecule has 2 heterocycles. The Morgan fingerprint density at radius 3 is 2.71 bits per heavy atom. The van der Waals surface area contributed by atoms with Crippen LogP contribution in [0.5, 0.6) is 0 Å². The van der Waals surface area contributed by atoms with Crippen LogP contribution in [0.3, 0.4) is 0 Å². The first-order chi connectivity index (χ1) is 9.95. The predicted molar refractivity (Wildman–Crippen MR) is 88.6 cm³/mol. The lowest BCUT2D eigenvalue weighted by Crippen LogP contribution is -2.32. The monoisotopic (exact) mass is 292 g/mol. The molecule has 4 heteroatoms. The molecule has 0 saturated carbocycles. The average Bonchev–Trinajstić information content (AvgIpc) is 2.97. The molecule has 0 aromatic carbocycles. The number of hydrogen-bond donors (Lipinski definition) is 0. The molecule has 0 N–H and O–H groups in total. The molecule has 2 rings (SSSR count). The zero-order valence-corrected chi connectivity index (χ0v) is 14.5. The summed E-state index contributed by atoms with van der Waals surface area (Å²) >= 11 is 0. The van der Waals surface area contributed by atoms with Crippen LogP contribution in [0.1, 0.15) is 38.1 Å². The summed E-state index contributed by atoms with van der Waals surface area (Å²) in [6, 6.07) is 2.86. The van der Waals surface area contributed by atoms with Crippen LogP contribution in [0.4, 0.5) is 0 Å². The zero-order valence-electron chi connectivity index (χ0n) is 14.5. The molecule has 120 valence electrons. The van der Waals surface area contributed by atoms with Crippen LogP contribution >= 0.6 is 0 Å². The van der Waals surface area contributed by atoms with Crippen molar-refractivity contribution >= 4 is 0 Å². The summed E-state index contributed by atoms with van der Waals surface area (Å²) in [7, 11) is 2.26. The quantitative estimate of drug-likeness (QED) is 0.772. The normalized spacial score (nSPS) is 20.0. The molecule has 1 unspecified atom stereocenters. The number of nitrogens with zero attached hydrogens (tertiary/aromatic N) is 4. The maximum absolute atomic E-state index is 4.53. The smallest absolute Gasteiger partial charge is 0.0596 e. The van der Waals surface area contributed by atoms with Gasteiger partial charge >= 0.3 is 0 Å². The molecular formula is C17H32N4. The number of aryl methyl sites for hydroxylation is 3. The lowest BCUT2D eigenvalue weighted by Gasteiger charge is -2.23. The second kappa shape index (κ2) is 7.41. The molecule has 1 aliphatic rings. The van der Waals surface area contributed by atoms with Crippen LogP contribution in [0, 0.1) is 19.8 Å². The van der Waals surface area contributed by atoms with Crippen molar-refractivity contribution in [2.45, 2.75) is 53.1 Å². The first-order valence-corrected chi connectivity index (χ1v) is 8.39. The minimum atomic E-state index is 0.700. The van der Waals surface area contributed by atoms with E-state index in [0.29, 0.717) is 6.04 Å². The second-order valence-electron chi connectivity index (χ2n) is 7.01. The van der Waals surface area contributed by atoms with E-state index >= 15 is 0 Å². The topological polar surface area (TPSA) is 24.3 Å². The van der Waals surface area contributed by atoms with Crippen LogP contribution in [0.25, 0.3) is 0 Å². The average molecular weight is 292 g/mol. The van der Waals surface area contributed by atoms with Crippen molar-refractivity contribution in [1.29, 1.82) is 0 Å². The van der Waals surface area contributed by atoms with Gasteiger partial charge in [0.1, 0.15) is 0 Å². The fraction of sp³-hybridized carbons (Fsp3) is 0.824. The SMILES string of the molecule is Cc1cc(C)n(CCCN(C)CC2CCN(C(C)C)C2)n1. The van der Waals surface area contributed by atoms with Crippen molar-refractivity contribution in [2.24, 2.45) is 5.92 Å². The van der Waals surface area contributed by atoms with E-state index in [1.54, 1.807) is 0 Å². The Kier molecular flexibility index (Phi) is 5.82. The maximum Gasteiger partial charge on any atom is 0.0596 e. The molecule has 0 aliphatic carbocycles. The Morgan fingerprint density at radius 2 is 2.14 bits per heavy atom. The second-order valence-corrected chi connectivity index (χ2v) is 7.01. The van der Waals surface area contributed by atoms with Gasteiger partial charge in [-0.25, -0.2) is 0 Å². The first kappa shape index (κ1) is 16.5. The van der Waals surface area contributed by atoms with Gasteiger partial charge in [-0.05, 0) is 72.7 Å². The summed E-state index contributed by atoms with van der Waals surface area (Å²) in [5.41, 5.74) is 2.40. The summed E-state index contributed by atoms with van der Waals surface area (Å²) in [6.07, 6.45) is 2.54. The largest absolute Gasteiger partial charge is 0.306 e. The molecule has 1 aliphatic heterocycles. The third kappa shape index (κ3) is 4.82. The summed E-state index contributed by atoms with van der Waals surface area (Å²) < 4.78 is 2.14. The molecule has 0 spiro atoms. The number of aromatic nitrogens is 2. The zero-order chi connectivity index (χ0) is 15.4. The summed E-state index contributed by atoms with van der Waals surface area (Å²) in [5.74, 6) is 0.853. The summed E-state index contributed by atoms with van der Waals surface area (Å²) in [5, 5.41) is 4.53. The van der Waals surface area contributed by atoms with Gasteiger partial charge in [0.05, 0.1) is 5.69 Å². The van der Waals surface area contributed by atoms with E-state index in [1.165, 1.54) is 38.2 Å². The lowest BCUT2D eigenvalue weighted by molar-refractivity contribution is 0.235. The highest BCUT2D eigenvalue weighted by Gasteiger charge is 2.24. The molecule has 1 saturated heterocycles. The highest BCUT2D eigenvalue weighted by molar-refractivity contribution is 5.06. The summed E-state index contributed by atoms with van der Waals surface area (Å²) in [4.78, 5) is 5.11. The fourth-order valence-electron chi connectivity index (χ4n) is 3.40. The van der Waals surface area contributed by atoms with E-state index in [1.807, 2.05) is 0 Å². The molecule has 0 radical (unpaired) electrons. The van der Waals surface area contributed by atoms with Crippen molar-refractivity contribution < 1.29 is 0 Å². The maximum atomic E-state index is 4.53. The third-order valence-corrected chi connectivity index (χ3v) is 4.63. The third-order valence-electron chi connectivity index (χ3n) is 4.63. The molecule has 1 aromatic rings. The van der Waals surface area contributed by atoms with Gasteiger partial charge in [0, 0.05) is 31.4 Å². The van der Waals surface area contributed by atoms with Crippen LogP contribution in [-0.4, -0.2) is 58.8 Å². The Labute approximate surface area is 130 Å². The van der Waals surface area contributed by atoms with Gasteiger partial charge in [0.25, 0.3) is 0 Å². The van der Waals surface area contributed by atoms with Crippen LogP contribution in [0.15, 0.2) is 6.07 Å². The van der Waals surface area contributed by atoms with Crippen molar-refractivity contribution in [3.63, 3.8) is 0 Å².